The van der Waals surface area contributed by atoms with Crippen molar-refractivity contribution >= 4 is 7.60 Å². The van der Waals surface area contributed by atoms with Gasteiger partial charge >= 0.3 is 7.60 Å². The lowest BCUT2D eigenvalue weighted by Crippen LogP contribution is -2.24. The molecule has 0 saturated heterocycles. The Labute approximate surface area is 106 Å². The van der Waals surface area contributed by atoms with Crippen molar-refractivity contribution in [2.75, 3.05) is 26.3 Å². The van der Waals surface area contributed by atoms with E-state index in [0.29, 0.717) is 18.7 Å². The molecule has 0 aliphatic carbocycles. The molecule has 0 aromatic rings. The number of allylic oxidation sites excluding steroid dienone is 1. The summed E-state index contributed by atoms with van der Waals surface area (Å²) in [6.45, 7) is 14.0. The third-order valence-electron chi connectivity index (χ3n) is 2.37. The fourth-order valence-electron chi connectivity index (χ4n) is 1.79. The van der Waals surface area contributed by atoms with Gasteiger partial charge in [0.05, 0.1) is 13.2 Å². The van der Waals surface area contributed by atoms with Crippen molar-refractivity contribution in [2.24, 2.45) is 0 Å². The lowest BCUT2D eigenvalue weighted by atomic mass is 10.3. The van der Waals surface area contributed by atoms with Crippen LogP contribution in [0.1, 0.15) is 41.5 Å². The molecule has 0 radical (unpaired) electrons. The van der Waals surface area contributed by atoms with Crippen molar-refractivity contribution in [3.63, 3.8) is 0 Å². The molecule has 0 bridgehead atoms. The number of hydrogen-bond donors (Lipinski definition) is 0. The number of nitrogens with zero attached hydrogens (tertiary/aromatic N) is 1. The topological polar surface area (TPSA) is 38.8 Å². The van der Waals surface area contributed by atoms with Crippen LogP contribution in [-0.4, -0.2) is 31.2 Å². The normalized spacial score (nSPS) is 11.4. The predicted molar refractivity (Wildman–Crippen MR) is 72.2 cm³/mol. The number of rotatable bonds is 8. The van der Waals surface area contributed by atoms with Crippen molar-refractivity contribution in [2.45, 2.75) is 41.5 Å². The van der Waals surface area contributed by atoms with Crippen LogP contribution in [-0.2, 0) is 13.6 Å². The zero-order chi connectivity index (χ0) is 13.5. The molecular formula is C12H26NO3P. The first-order chi connectivity index (χ1) is 7.96. The highest BCUT2D eigenvalue weighted by molar-refractivity contribution is 7.58. The van der Waals surface area contributed by atoms with Crippen LogP contribution < -0.4 is 0 Å². The highest BCUT2D eigenvalue weighted by Gasteiger charge is 2.33. The van der Waals surface area contributed by atoms with E-state index in [2.05, 4.69) is 0 Å². The molecule has 0 atom stereocenters. The molecule has 0 N–H and O–H groups in total. The van der Waals surface area contributed by atoms with E-state index in [0.717, 1.165) is 18.7 Å². The van der Waals surface area contributed by atoms with Gasteiger partial charge in [-0.1, -0.05) is 0 Å². The minimum atomic E-state index is -3.17. The Balaban J connectivity index is 5.41. The van der Waals surface area contributed by atoms with Crippen molar-refractivity contribution < 1.29 is 13.6 Å². The lowest BCUT2D eigenvalue weighted by Gasteiger charge is -2.30. The van der Waals surface area contributed by atoms with Gasteiger partial charge in [0.25, 0.3) is 0 Å². The first kappa shape index (κ1) is 16.7. The molecule has 0 aliphatic rings. The Hall–Kier alpha value is -0.310. The fourth-order valence-corrected chi connectivity index (χ4v) is 3.96. The summed E-state index contributed by atoms with van der Waals surface area (Å²) in [5, 5.41) is 0. The summed E-state index contributed by atoms with van der Waals surface area (Å²) in [5.74, 6) is 0. The predicted octanol–water partition coefficient (Wildman–Crippen LogP) is 3.85. The molecule has 0 fully saturated rings. The van der Waals surface area contributed by atoms with Gasteiger partial charge in [0.1, 0.15) is 5.44 Å². The largest absolute Gasteiger partial charge is 0.377 e. The zero-order valence-corrected chi connectivity index (χ0v) is 12.8. The molecule has 5 heteroatoms. The van der Waals surface area contributed by atoms with E-state index in [1.54, 1.807) is 0 Å². The molecule has 0 rings (SSSR count). The summed E-state index contributed by atoms with van der Waals surface area (Å²) in [6, 6.07) is 0. The van der Waals surface area contributed by atoms with Crippen LogP contribution in [0, 0.1) is 0 Å². The van der Waals surface area contributed by atoms with Crippen molar-refractivity contribution in [3.05, 3.63) is 11.0 Å². The summed E-state index contributed by atoms with van der Waals surface area (Å²) in [4.78, 5) is 2.04. The molecule has 0 aromatic carbocycles. The highest BCUT2D eigenvalue weighted by Crippen LogP contribution is 2.58. The standard InChI is InChI=1S/C12H26NO3P/c1-7-13(8-2)12(11(5)6)17(14,15-9-3)16-10-4/h7-10H2,1-6H3. The SMILES string of the molecule is CCOP(=O)(OCC)C(=C(C)C)N(CC)CC. The quantitative estimate of drug-likeness (QED) is 0.623. The van der Waals surface area contributed by atoms with Crippen molar-refractivity contribution in [1.29, 1.82) is 0 Å². The maximum absolute atomic E-state index is 12.8. The van der Waals surface area contributed by atoms with E-state index < -0.39 is 7.60 Å². The molecule has 102 valence electrons. The zero-order valence-electron chi connectivity index (χ0n) is 11.9. The monoisotopic (exact) mass is 263 g/mol. The molecule has 0 spiro atoms. The van der Waals surface area contributed by atoms with Gasteiger partial charge in [-0.25, -0.2) is 0 Å². The average molecular weight is 263 g/mol. The van der Waals surface area contributed by atoms with Gasteiger partial charge in [-0.3, -0.25) is 4.57 Å². The van der Waals surface area contributed by atoms with Crippen LogP contribution in [0.3, 0.4) is 0 Å². The summed E-state index contributed by atoms with van der Waals surface area (Å²) >= 11 is 0. The van der Waals surface area contributed by atoms with Gasteiger partial charge in [-0.05, 0) is 47.1 Å². The van der Waals surface area contributed by atoms with Gasteiger partial charge in [-0.15, -0.1) is 0 Å². The van der Waals surface area contributed by atoms with Gasteiger partial charge in [-0.2, -0.15) is 0 Å². The van der Waals surface area contributed by atoms with Crippen LogP contribution in [0.25, 0.3) is 0 Å². The average Bonchev–Trinajstić information content (AvgIpc) is 2.25. The maximum Gasteiger partial charge on any atom is 0.377 e. The van der Waals surface area contributed by atoms with Gasteiger partial charge in [0.2, 0.25) is 0 Å². The van der Waals surface area contributed by atoms with E-state index in [9.17, 15) is 4.57 Å². The third kappa shape index (κ3) is 4.46. The molecule has 0 unspecified atom stereocenters. The molecule has 0 saturated carbocycles. The summed E-state index contributed by atoms with van der Waals surface area (Å²) in [5.41, 5.74) is 1.70. The van der Waals surface area contributed by atoms with E-state index in [-0.39, 0.29) is 0 Å². The van der Waals surface area contributed by atoms with Crippen LogP contribution in [0.5, 0.6) is 0 Å². The summed E-state index contributed by atoms with van der Waals surface area (Å²) in [6.07, 6.45) is 0. The molecule has 0 amide bonds. The smallest absolute Gasteiger partial charge is 0.366 e. The second-order valence-corrected chi connectivity index (χ2v) is 5.76. The van der Waals surface area contributed by atoms with Gasteiger partial charge in [0, 0.05) is 13.1 Å². The molecule has 0 heterocycles. The Kier molecular flexibility index (Phi) is 7.77. The van der Waals surface area contributed by atoms with Crippen LogP contribution in [0.4, 0.5) is 0 Å². The van der Waals surface area contributed by atoms with Crippen LogP contribution in [0.15, 0.2) is 11.0 Å². The lowest BCUT2D eigenvalue weighted by molar-refractivity contribution is 0.214. The Morgan fingerprint density at radius 2 is 1.41 bits per heavy atom. The van der Waals surface area contributed by atoms with E-state index in [4.69, 9.17) is 9.05 Å². The Morgan fingerprint density at radius 1 is 1.00 bits per heavy atom. The van der Waals surface area contributed by atoms with Gasteiger partial charge in [0.15, 0.2) is 0 Å². The molecule has 0 aromatic heterocycles. The van der Waals surface area contributed by atoms with Crippen molar-refractivity contribution in [3.8, 4) is 0 Å². The summed E-state index contributed by atoms with van der Waals surface area (Å²) < 4.78 is 23.6. The first-order valence-corrected chi connectivity index (χ1v) is 7.83. The Morgan fingerprint density at radius 3 is 1.65 bits per heavy atom. The van der Waals surface area contributed by atoms with Crippen molar-refractivity contribution in [1.82, 2.24) is 4.90 Å². The Bertz CT molecular complexity index is 284. The second-order valence-electron chi connectivity index (χ2n) is 3.83. The van der Waals surface area contributed by atoms with Crippen LogP contribution >= 0.6 is 7.60 Å². The van der Waals surface area contributed by atoms with Gasteiger partial charge < -0.3 is 13.9 Å². The first-order valence-electron chi connectivity index (χ1n) is 6.28. The minimum absolute atomic E-state index is 0.384. The van der Waals surface area contributed by atoms with E-state index in [1.807, 2.05) is 46.4 Å². The van der Waals surface area contributed by atoms with Crippen LogP contribution in [0.2, 0.25) is 0 Å². The molecule has 17 heavy (non-hydrogen) atoms. The minimum Gasteiger partial charge on any atom is -0.366 e. The van der Waals surface area contributed by atoms with E-state index in [1.165, 1.54) is 0 Å². The number of hydrogen-bond acceptors (Lipinski definition) is 4. The molecule has 4 nitrogen and oxygen atoms in total. The fraction of sp³-hybridized carbons (Fsp3) is 0.833. The van der Waals surface area contributed by atoms with E-state index >= 15 is 0 Å². The molecule has 0 aliphatic heterocycles. The summed E-state index contributed by atoms with van der Waals surface area (Å²) in [7, 11) is -3.17. The third-order valence-corrected chi connectivity index (χ3v) is 4.81. The molecular weight excluding hydrogens is 237 g/mol. The second kappa shape index (κ2) is 7.91. The maximum atomic E-state index is 12.8. The highest BCUT2D eigenvalue weighted by atomic mass is 31.2.